The number of carbonyl (C=O) groups is 2. The smallest absolute Gasteiger partial charge is 0.236 e. The van der Waals surface area contributed by atoms with Crippen LogP contribution in [0, 0.1) is 0 Å². The van der Waals surface area contributed by atoms with Crippen molar-refractivity contribution in [2.75, 3.05) is 67.5 Å². The zero-order chi connectivity index (χ0) is 13.7. The third kappa shape index (κ3) is 4.62. The van der Waals surface area contributed by atoms with Gasteiger partial charge in [0, 0.05) is 40.3 Å². The summed E-state index contributed by atoms with van der Waals surface area (Å²) in [6.45, 7) is 3.60. The van der Waals surface area contributed by atoms with Gasteiger partial charge in [-0.2, -0.15) is 0 Å². The fraction of sp³-hybridized carbons (Fsp3) is 0.833. The molecule has 6 heteroatoms. The van der Waals surface area contributed by atoms with E-state index in [4.69, 9.17) is 0 Å². The van der Waals surface area contributed by atoms with E-state index in [2.05, 4.69) is 0 Å². The molecule has 0 spiro atoms. The van der Waals surface area contributed by atoms with Gasteiger partial charge in [0.15, 0.2) is 0 Å². The molecule has 0 atom stereocenters. The van der Waals surface area contributed by atoms with E-state index in [1.807, 2.05) is 23.9 Å². The molecule has 1 fully saturated rings. The molecule has 1 heterocycles. The predicted octanol–water partition coefficient (Wildman–Crippen LogP) is -1.22. The first-order chi connectivity index (χ1) is 8.40. The van der Waals surface area contributed by atoms with Gasteiger partial charge in [0.25, 0.3) is 0 Å². The Morgan fingerprint density at radius 3 is 1.33 bits per heavy atom. The minimum Gasteiger partial charge on any atom is -0.343 e. The molecule has 2 amide bonds. The second kappa shape index (κ2) is 6.70. The molecule has 1 aliphatic heterocycles. The Balaban J connectivity index is 2.66. The van der Waals surface area contributed by atoms with Gasteiger partial charge in [-0.15, -0.1) is 0 Å². The van der Waals surface area contributed by atoms with Gasteiger partial charge in [-0.05, 0) is 14.1 Å². The molecule has 6 nitrogen and oxygen atoms in total. The van der Waals surface area contributed by atoms with E-state index in [1.54, 1.807) is 23.9 Å². The molecule has 0 aromatic carbocycles. The van der Waals surface area contributed by atoms with E-state index in [1.165, 1.54) is 0 Å². The Bertz CT molecular complexity index is 278. The third-order valence-corrected chi connectivity index (χ3v) is 3.30. The topological polar surface area (TPSA) is 47.1 Å². The quantitative estimate of drug-likeness (QED) is 0.545. The molecule has 0 aromatic heterocycles. The van der Waals surface area contributed by atoms with Gasteiger partial charge in [0.05, 0.1) is 13.1 Å². The Morgan fingerprint density at radius 1 is 0.667 bits per heavy atom. The first-order valence-corrected chi connectivity index (χ1v) is 6.25. The molecule has 0 saturated carbocycles. The van der Waals surface area contributed by atoms with Crippen molar-refractivity contribution in [2.24, 2.45) is 0 Å². The molecule has 0 aliphatic carbocycles. The van der Waals surface area contributed by atoms with Crippen LogP contribution in [0.5, 0.6) is 0 Å². The van der Waals surface area contributed by atoms with Crippen molar-refractivity contribution in [1.82, 2.24) is 19.6 Å². The molecule has 0 radical (unpaired) electrons. The van der Waals surface area contributed by atoms with Crippen LogP contribution in [0.2, 0.25) is 0 Å². The summed E-state index contributed by atoms with van der Waals surface area (Å²) < 4.78 is 0. The van der Waals surface area contributed by atoms with Crippen molar-refractivity contribution in [3.8, 4) is 0 Å². The summed E-state index contributed by atoms with van der Waals surface area (Å²) in [5.74, 6) is 0.197. The van der Waals surface area contributed by atoms with Crippen molar-refractivity contribution >= 4 is 11.8 Å². The van der Waals surface area contributed by atoms with Crippen LogP contribution in [-0.4, -0.2) is 98.9 Å². The standard InChI is InChI=1S/C12H24N4O2/c1-13-5-6-14(2)10-12(18)16(4)8-7-15(3)11(17)9-13/h5-10H2,1-4H3. The van der Waals surface area contributed by atoms with Crippen LogP contribution in [-0.2, 0) is 9.59 Å². The lowest BCUT2D eigenvalue weighted by atomic mass is 10.3. The van der Waals surface area contributed by atoms with Gasteiger partial charge in [-0.25, -0.2) is 0 Å². The highest BCUT2D eigenvalue weighted by atomic mass is 16.2. The molecule has 1 saturated heterocycles. The summed E-state index contributed by atoms with van der Waals surface area (Å²) in [4.78, 5) is 31.1. The fourth-order valence-corrected chi connectivity index (χ4v) is 1.75. The van der Waals surface area contributed by atoms with Crippen LogP contribution in [0.3, 0.4) is 0 Å². The second-order valence-electron chi connectivity index (χ2n) is 5.11. The highest BCUT2D eigenvalue weighted by Gasteiger charge is 2.17. The van der Waals surface area contributed by atoms with Gasteiger partial charge >= 0.3 is 0 Å². The van der Waals surface area contributed by atoms with Crippen LogP contribution in [0.15, 0.2) is 0 Å². The predicted molar refractivity (Wildman–Crippen MR) is 70.3 cm³/mol. The molecule has 1 rings (SSSR count). The number of amides is 2. The number of hydrogen-bond donors (Lipinski definition) is 0. The zero-order valence-electron chi connectivity index (χ0n) is 11.8. The van der Waals surface area contributed by atoms with Crippen molar-refractivity contribution < 1.29 is 9.59 Å². The zero-order valence-corrected chi connectivity index (χ0v) is 11.8. The van der Waals surface area contributed by atoms with Gasteiger partial charge in [-0.3, -0.25) is 19.4 Å². The van der Waals surface area contributed by atoms with Crippen LogP contribution in [0.4, 0.5) is 0 Å². The van der Waals surface area contributed by atoms with Gasteiger partial charge in [-0.1, -0.05) is 0 Å². The molecule has 18 heavy (non-hydrogen) atoms. The molecule has 104 valence electrons. The number of rotatable bonds is 0. The summed E-state index contributed by atoms with van der Waals surface area (Å²) in [6.07, 6.45) is 0. The minimum absolute atomic E-state index is 0.0987. The first kappa shape index (κ1) is 14.9. The number of carbonyl (C=O) groups excluding carboxylic acids is 2. The lowest BCUT2D eigenvalue weighted by Crippen LogP contribution is -2.46. The highest BCUT2D eigenvalue weighted by Crippen LogP contribution is 1.96. The van der Waals surface area contributed by atoms with Gasteiger partial charge in [0.2, 0.25) is 11.8 Å². The van der Waals surface area contributed by atoms with Crippen molar-refractivity contribution in [3.63, 3.8) is 0 Å². The van der Waals surface area contributed by atoms with Crippen LogP contribution in [0.1, 0.15) is 0 Å². The van der Waals surface area contributed by atoms with Gasteiger partial charge < -0.3 is 9.80 Å². The number of nitrogens with zero attached hydrogens (tertiary/aromatic N) is 4. The molecule has 0 bridgehead atoms. The molecule has 0 unspecified atom stereocenters. The molecule has 0 N–H and O–H groups in total. The first-order valence-electron chi connectivity index (χ1n) is 6.25. The number of hydrogen-bond acceptors (Lipinski definition) is 4. The van der Waals surface area contributed by atoms with E-state index < -0.39 is 0 Å². The molecule has 1 aliphatic rings. The molecular weight excluding hydrogens is 232 g/mol. The normalized spacial score (nSPS) is 22.9. The maximum Gasteiger partial charge on any atom is 0.236 e. The fourth-order valence-electron chi connectivity index (χ4n) is 1.75. The summed E-state index contributed by atoms with van der Waals surface area (Å²) in [5, 5.41) is 0. The minimum atomic E-state index is 0.0987. The van der Waals surface area contributed by atoms with E-state index in [9.17, 15) is 9.59 Å². The highest BCUT2D eigenvalue weighted by molar-refractivity contribution is 5.79. The van der Waals surface area contributed by atoms with E-state index >= 15 is 0 Å². The molecule has 0 aromatic rings. The van der Waals surface area contributed by atoms with Crippen LogP contribution < -0.4 is 0 Å². The SMILES string of the molecule is CN1CCN(C)CC(=O)N(C)CCN(C)C(=O)C1. The number of likely N-dealkylation sites (N-methyl/N-ethyl adjacent to an activating group) is 4. The Hall–Kier alpha value is -1.14. The largest absolute Gasteiger partial charge is 0.343 e. The van der Waals surface area contributed by atoms with Crippen molar-refractivity contribution in [3.05, 3.63) is 0 Å². The Labute approximate surface area is 109 Å². The maximum atomic E-state index is 11.9. The average molecular weight is 256 g/mol. The summed E-state index contributed by atoms with van der Waals surface area (Å²) in [7, 11) is 7.43. The summed E-state index contributed by atoms with van der Waals surface area (Å²) in [6, 6.07) is 0. The van der Waals surface area contributed by atoms with Crippen molar-refractivity contribution in [2.45, 2.75) is 0 Å². The van der Waals surface area contributed by atoms with Crippen molar-refractivity contribution in [1.29, 1.82) is 0 Å². The molecular formula is C12H24N4O2. The van der Waals surface area contributed by atoms with E-state index in [0.29, 0.717) is 26.2 Å². The van der Waals surface area contributed by atoms with Crippen LogP contribution in [0.25, 0.3) is 0 Å². The van der Waals surface area contributed by atoms with E-state index in [-0.39, 0.29) is 11.8 Å². The van der Waals surface area contributed by atoms with Crippen LogP contribution >= 0.6 is 0 Å². The Morgan fingerprint density at radius 2 is 1.00 bits per heavy atom. The maximum absolute atomic E-state index is 11.9. The summed E-state index contributed by atoms with van der Waals surface area (Å²) >= 11 is 0. The Kier molecular flexibility index (Phi) is 5.55. The second-order valence-corrected chi connectivity index (χ2v) is 5.11. The lowest BCUT2D eigenvalue weighted by Gasteiger charge is -2.28. The third-order valence-electron chi connectivity index (χ3n) is 3.30. The van der Waals surface area contributed by atoms with E-state index in [0.717, 1.165) is 13.1 Å². The monoisotopic (exact) mass is 256 g/mol. The summed E-state index contributed by atoms with van der Waals surface area (Å²) in [5.41, 5.74) is 0. The van der Waals surface area contributed by atoms with Gasteiger partial charge in [0.1, 0.15) is 0 Å². The average Bonchev–Trinajstić information content (AvgIpc) is 2.31. The lowest BCUT2D eigenvalue weighted by molar-refractivity contribution is -0.135.